The van der Waals surface area contributed by atoms with E-state index in [9.17, 15) is 4.79 Å². The molecule has 0 aliphatic rings. The van der Waals surface area contributed by atoms with Crippen molar-refractivity contribution in [1.29, 1.82) is 0 Å². The topological polar surface area (TPSA) is 42.1 Å². The summed E-state index contributed by atoms with van der Waals surface area (Å²) in [6, 6.07) is 5.36. The van der Waals surface area contributed by atoms with Crippen LogP contribution in [-0.4, -0.2) is 17.6 Å². The van der Waals surface area contributed by atoms with Gasteiger partial charge in [-0.2, -0.15) is 0 Å². The highest BCUT2D eigenvalue weighted by atomic mass is 35.5. The van der Waals surface area contributed by atoms with Gasteiger partial charge in [0.2, 0.25) is 0 Å². The number of carbonyl (C=O) groups excluding carboxylic acids is 1. The Hall–Kier alpha value is -1.48. The monoisotopic (exact) mass is 223 g/mol. The van der Waals surface area contributed by atoms with Crippen molar-refractivity contribution in [2.24, 2.45) is 0 Å². The van der Waals surface area contributed by atoms with Gasteiger partial charge in [-0.05, 0) is 19.1 Å². The average molecular weight is 224 g/mol. The molecule has 0 saturated carbocycles. The third-order valence-electron chi connectivity index (χ3n) is 2.13. The number of aromatic nitrogens is 1. The summed E-state index contributed by atoms with van der Waals surface area (Å²) in [6.07, 6.45) is 1.74. The van der Waals surface area contributed by atoms with Gasteiger partial charge in [-0.15, -0.1) is 0 Å². The molecule has 0 bridgehead atoms. The van der Waals surface area contributed by atoms with Crippen LogP contribution in [0.3, 0.4) is 0 Å². The van der Waals surface area contributed by atoms with Crippen LogP contribution < -0.4 is 0 Å². The summed E-state index contributed by atoms with van der Waals surface area (Å²) in [5.74, 6) is -0.338. The lowest BCUT2D eigenvalue weighted by molar-refractivity contribution is 0.0522. The van der Waals surface area contributed by atoms with Crippen molar-refractivity contribution in [3.05, 3.63) is 35.1 Å². The SMILES string of the molecule is CCOC(=O)c1[nH]cc2cc(Cl)ccc12. The van der Waals surface area contributed by atoms with Crippen LogP contribution in [0.2, 0.25) is 5.02 Å². The summed E-state index contributed by atoms with van der Waals surface area (Å²) in [7, 11) is 0. The number of nitrogens with one attached hydrogen (secondary N) is 1. The van der Waals surface area contributed by atoms with E-state index >= 15 is 0 Å². The smallest absolute Gasteiger partial charge is 0.355 e. The normalized spacial score (nSPS) is 10.5. The maximum Gasteiger partial charge on any atom is 0.355 e. The predicted molar refractivity (Wildman–Crippen MR) is 59.3 cm³/mol. The van der Waals surface area contributed by atoms with Crippen molar-refractivity contribution in [3.63, 3.8) is 0 Å². The lowest BCUT2D eigenvalue weighted by Gasteiger charge is -1.99. The zero-order valence-corrected chi connectivity index (χ0v) is 8.97. The number of fused-ring (bicyclic) bond motifs is 1. The fraction of sp³-hybridized carbons (Fsp3) is 0.182. The predicted octanol–water partition coefficient (Wildman–Crippen LogP) is 3.00. The molecular formula is C11H10ClNO2. The second-order valence-corrected chi connectivity index (χ2v) is 3.55. The van der Waals surface area contributed by atoms with Gasteiger partial charge in [0.25, 0.3) is 0 Å². The van der Waals surface area contributed by atoms with Gasteiger partial charge in [-0.25, -0.2) is 4.79 Å². The molecule has 1 N–H and O–H groups in total. The van der Waals surface area contributed by atoms with E-state index in [0.717, 1.165) is 10.8 Å². The van der Waals surface area contributed by atoms with E-state index in [0.29, 0.717) is 17.3 Å². The largest absolute Gasteiger partial charge is 0.461 e. The summed E-state index contributed by atoms with van der Waals surface area (Å²) >= 11 is 5.84. The van der Waals surface area contributed by atoms with Crippen LogP contribution in [-0.2, 0) is 4.74 Å². The minimum absolute atomic E-state index is 0.338. The summed E-state index contributed by atoms with van der Waals surface area (Å²) in [5, 5.41) is 2.39. The van der Waals surface area contributed by atoms with E-state index in [4.69, 9.17) is 16.3 Å². The molecule has 0 fully saturated rings. The van der Waals surface area contributed by atoms with E-state index in [2.05, 4.69) is 4.98 Å². The van der Waals surface area contributed by atoms with Gasteiger partial charge >= 0.3 is 5.97 Å². The zero-order chi connectivity index (χ0) is 10.8. The van der Waals surface area contributed by atoms with E-state index in [1.165, 1.54) is 0 Å². The van der Waals surface area contributed by atoms with Crippen LogP contribution in [0.1, 0.15) is 17.4 Å². The number of carbonyl (C=O) groups is 1. The Labute approximate surface area is 92.0 Å². The quantitative estimate of drug-likeness (QED) is 0.796. The molecule has 0 amide bonds. The standard InChI is InChI=1S/C11H10ClNO2/c1-2-15-11(14)10-9-4-3-8(12)5-7(9)6-13-10/h3-6,13H,2H2,1H3. The number of hydrogen-bond acceptors (Lipinski definition) is 2. The average Bonchev–Trinajstić information content (AvgIpc) is 2.60. The number of rotatable bonds is 2. The third kappa shape index (κ3) is 1.83. The fourth-order valence-electron chi connectivity index (χ4n) is 1.48. The van der Waals surface area contributed by atoms with Gasteiger partial charge in [0, 0.05) is 22.0 Å². The van der Waals surface area contributed by atoms with Crippen LogP contribution >= 0.6 is 11.6 Å². The molecule has 0 saturated heterocycles. The van der Waals surface area contributed by atoms with Gasteiger partial charge in [-0.3, -0.25) is 0 Å². The van der Waals surface area contributed by atoms with Crippen LogP contribution in [0.25, 0.3) is 10.8 Å². The summed E-state index contributed by atoms with van der Waals surface area (Å²) < 4.78 is 4.92. The number of esters is 1. The van der Waals surface area contributed by atoms with Crippen LogP contribution in [0.15, 0.2) is 24.4 Å². The second kappa shape index (κ2) is 3.95. The highest BCUT2D eigenvalue weighted by Crippen LogP contribution is 2.22. The summed E-state index contributed by atoms with van der Waals surface area (Å²) in [4.78, 5) is 14.4. The number of halogens is 1. The number of hydrogen-bond donors (Lipinski definition) is 1. The van der Waals surface area contributed by atoms with E-state index in [1.54, 1.807) is 31.3 Å². The van der Waals surface area contributed by atoms with Crippen molar-refractivity contribution < 1.29 is 9.53 Å². The molecule has 0 aliphatic heterocycles. The van der Waals surface area contributed by atoms with Crippen molar-refractivity contribution >= 4 is 28.3 Å². The molecule has 0 spiro atoms. The van der Waals surface area contributed by atoms with Crippen LogP contribution in [0, 0.1) is 0 Å². The molecule has 3 nitrogen and oxygen atoms in total. The van der Waals surface area contributed by atoms with Gasteiger partial charge < -0.3 is 9.72 Å². The molecule has 0 atom stereocenters. The zero-order valence-electron chi connectivity index (χ0n) is 8.21. The highest BCUT2D eigenvalue weighted by Gasteiger charge is 2.12. The molecule has 0 aliphatic carbocycles. The summed E-state index contributed by atoms with van der Waals surface area (Å²) in [6.45, 7) is 2.15. The van der Waals surface area contributed by atoms with Crippen molar-refractivity contribution in [2.45, 2.75) is 6.92 Å². The van der Waals surface area contributed by atoms with Crippen molar-refractivity contribution in [1.82, 2.24) is 4.98 Å². The van der Waals surface area contributed by atoms with E-state index < -0.39 is 0 Å². The molecule has 1 aromatic carbocycles. The molecule has 1 heterocycles. The van der Waals surface area contributed by atoms with Crippen molar-refractivity contribution in [3.8, 4) is 0 Å². The fourth-order valence-corrected chi connectivity index (χ4v) is 1.66. The molecule has 0 unspecified atom stereocenters. The Kier molecular flexibility index (Phi) is 2.64. The Balaban J connectivity index is 2.49. The maximum absolute atomic E-state index is 11.5. The highest BCUT2D eigenvalue weighted by molar-refractivity contribution is 6.31. The Morgan fingerprint density at radius 3 is 3.07 bits per heavy atom. The third-order valence-corrected chi connectivity index (χ3v) is 2.37. The first-order chi connectivity index (χ1) is 7.22. The van der Waals surface area contributed by atoms with Crippen LogP contribution in [0.5, 0.6) is 0 Å². The lowest BCUT2D eigenvalue weighted by Crippen LogP contribution is -2.05. The van der Waals surface area contributed by atoms with Crippen LogP contribution in [0.4, 0.5) is 0 Å². The molecule has 2 aromatic rings. The lowest BCUT2D eigenvalue weighted by atomic mass is 10.2. The first-order valence-corrected chi connectivity index (χ1v) is 5.04. The van der Waals surface area contributed by atoms with Gasteiger partial charge in [0.1, 0.15) is 5.69 Å². The molecular weight excluding hydrogens is 214 g/mol. The van der Waals surface area contributed by atoms with Gasteiger partial charge in [0.05, 0.1) is 6.61 Å². The van der Waals surface area contributed by atoms with Crippen molar-refractivity contribution in [2.75, 3.05) is 6.61 Å². The second-order valence-electron chi connectivity index (χ2n) is 3.12. The number of H-pyrrole nitrogens is 1. The maximum atomic E-state index is 11.5. The number of aromatic amines is 1. The van der Waals surface area contributed by atoms with E-state index in [1.807, 2.05) is 0 Å². The van der Waals surface area contributed by atoms with Gasteiger partial charge in [-0.1, -0.05) is 17.7 Å². The molecule has 4 heteroatoms. The number of benzene rings is 1. The summed E-state index contributed by atoms with van der Waals surface area (Å²) in [5.41, 5.74) is 0.475. The molecule has 0 radical (unpaired) electrons. The minimum Gasteiger partial charge on any atom is -0.461 e. The molecule has 15 heavy (non-hydrogen) atoms. The van der Waals surface area contributed by atoms with E-state index in [-0.39, 0.29) is 5.97 Å². The first-order valence-electron chi connectivity index (χ1n) is 4.66. The number of ether oxygens (including phenoxy) is 1. The first kappa shape index (κ1) is 10.1. The molecule has 1 aromatic heterocycles. The molecule has 78 valence electrons. The minimum atomic E-state index is -0.338. The Morgan fingerprint density at radius 2 is 2.33 bits per heavy atom. The molecule has 2 rings (SSSR count). The van der Waals surface area contributed by atoms with Gasteiger partial charge in [0.15, 0.2) is 0 Å². The Bertz CT molecular complexity index is 504. The Morgan fingerprint density at radius 1 is 1.53 bits per heavy atom.